The largest absolute Gasteiger partial charge is 0.462 e. The Morgan fingerprint density at radius 1 is 0.966 bits per heavy atom. The molecular formula is C23H18FN3O2. The van der Waals surface area contributed by atoms with Gasteiger partial charge in [-0.05, 0) is 43.3 Å². The number of hydrogen-bond acceptors (Lipinski definition) is 5. The van der Waals surface area contributed by atoms with Crippen LogP contribution in [0.25, 0.3) is 22.3 Å². The lowest BCUT2D eigenvalue weighted by Gasteiger charge is -2.14. The smallest absolute Gasteiger partial charge is 0.340 e. The molecule has 0 bridgehead atoms. The number of rotatable bonds is 5. The lowest BCUT2D eigenvalue weighted by Crippen LogP contribution is -2.09. The molecule has 0 aliphatic heterocycles. The van der Waals surface area contributed by atoms with E-state index in [0.717, 1.165) is 5.39 Å². The molecule has 1 aromatic heterocycles. The molecule has 1 heterocycles. The normalized spacial score (nSPS) is 10.7. The van der Waals surface area contributed by atoms with Crippen LogP contribution >= 0.6 is 0 Å². The first-order chi connectivity index (χ1) is 14.2. The first-order valence-corrected chi connectivity index (χ1v) is 9.22. The van der Waals surface area contributed by atoms with Gasteiger partial charge in [0.05, 0.1) is 28.9 Å². The number of halogens is 1. The Kier molecular flexibility index (Phi) is 5.16. The molecule has 6 heteroatoms. The molecule has 29 heavy (non-hydrogen) atoms. The molecule has 0 saturated heterocycles. The molecule has 0 amide bonds. The van der Waals surface area contributed by atoms with Crippen molar-refractivity contribution >= 4 is 28.4 Å². The molecule has 4 rings (SSSR count). The third kappa shape index (κ3) is 3.78. The Morgan fingerprint density at radius 3 is 2.52 bits per heavy atom. The first kappa shape index (κ1) is 18.6. The third-order valence-electron chi connectivity index (χ3n) is 4.39. The van der Waals surface area contributed by atoms with Gasteiger partial charge >= 0.3 is 5.97 Å². The van der Waals surface area contributed by atoms with Crippen molar-refractivity contribution in [2.75, 3.05) is 11.9 Å². The SMILES string of the molecule is CCOC(=O)c1ccccc1Nc1nc(-c2ccccc2F)nc2ccccc12. The zero-order valence-electron chi connectivity index (χ0n) is 15.7. The molecule has 3 aromatic carbocycles. The van der Waals surface area contributed by atoms with E-state index >= 15 is 0 Å². The molecule has 0 aliphatic carbocycles. The van der Waals surface area contributed by atoms with Crippen molar-refractivity contribution in [3.8, 4) is 11.4 Å². The molecule has 0 saturated carbocycles. The van der Waals surface area contributed by atoms with Crippen molar-refractivity contribution < 1.29 is 13.9 Å². The minimum Gasteiger partial charge on any atom is -0.462 e. The number of aromatic nitrogens is 2. The van der Waals surface area contributed by atoms with Crippen LogP contribution in [0.3, 0.4) is 0 Å². The first-order valence-electron chi connectivity index (χ1n) is 9.22. The van der Waals surface area contributed by atoms with Gasteiger partial charge in [-0.2, -0.15) is 0 Å². The van der Waals surface area contributed by atoms with Crippen LogP contribution in [0.15, 0.2) is 72.8 Å². The van der Waals surface area contributed by atoms with Crippen molar-refractivity contribution in [2.24, 2.45) is 0 Å². The maximum Gasteiger partial charge on any atom is 0.340 e. The number of para-hydroxylation sites is 2. The topological polar surface area (TPSA) is 64.1 Å². The van der Waals surface area contributed by atoms with Crippen molar-refractivity contribution in [1.82, 2.24) is 9.97 Å². The third-order valence-corrected chi connectivity index (χ3v) is 4.39. The molecular weight excluding hydrogens is 369 g/mol. The van der Waals surface area contributed by atoms with Gasteiger partial charge in [0, 0.05) is 5.39 Å². The molecule has 144 valence electrons. The lowest BCUT2D eigenvalue weighted by molar-refractivity contribution is 0.0527. The van der Waals surface area contributed by atoms with Gasteiger partial charge in [0.15, 0.2) is 5.82 Å². The Hall–Kier alpha value is -3.80. The highest BCUT2D eigenvalue weighted by atomic mass is 19.1. The van der Waals surface area contributed by atoms with Gasteiger partial charge in [0.25, 0.3) is 0 Å². The Labute approximate surface area is 167 Å². The number of nitrogens with one attached hydrogen (secondary N) is 1. The molecule has 4 aromatic rings. The summed E-state index contributed by atoms with van der Waals surface area (Å²) in [4.78, 5) is 21.4. The summed E-state index contributed by atoms with van der Waals surface area (Å²) in [6.45, 7) is 2.04. The number of hydrogen-bond donors (Lipinski definition) is 1. The number of fused-ring (bicyclic) bond motifs is 1. The zero-order chi connectivity index (χ0) is 20.2. The van der Waals surface area contributed by atoms with E-state index in [2.05, 4.69) is 15.3 Å². The van der Waals surface area contributed by atoms with Crippen molar-refractivity contribution in [2.45, 2.75) is 6.92 Å². The fourth-order valence-electron chi connectivity index (χ4n) is 3.04. The highest BCUT2D eigenvalue weighted by Gasteiger charge is 2.16. The van der Waals surface area contributed by atoms with Crippen molar-refractivity contribution in [1.29, 1.82) is 0 Å². The molecule has 0 atom stereocenters. The van der Waals surface area contributed by atoms with Crippen LogP contribution in [-0.4, -0.2) is 22.5 Å². The van der Waals surface area contributed by atoms with Gasteiger partial charge in [0.1, 0.15) is 11.6 Å². The second-order valence-corrected chi connectivity index (χ2v) is 6.28. The van der Waals surface area contributed by atoms with Crippen LogP contribution in [0, 0.1) is 5.82 Å². The zero-order valence-corrected chi connectivity index (χ0v) is 15.7. The number of anilines is 2. The van der Waals surface area contributed by atoms with Crippen LogP contribution in [0.2, 0.25) is 0 Å². The summed E-state index contributed by atoms with van der Waals surface area (Å²) in [6.07, 6.45) is 0. The van der Waals surface area contributed by atoms with E-state index in [1.54, 1.807) is 43.3 Å². The van der Waals surface area contributed by atoms with E-state index in [0.29, 0.717) is 28.1 Å². The Bertz CT molecular complexity index is 1190. The number of ether oxygens (including phenoxy) is 1. The minimum atomic E-state index is -0.428. The number of carbonyl (C=O) groups is 1. The maximum atomic E-state index is 14.3. The number of nitrogens with zero attached hydrogens (tertiary/aromatic N) is 2. The van der Waals surface area contributed by atoms with E-state index in [9.17, 15) is 9.18 Å². The van der Waals surface area contributed by atoms with E-state index in [4.69, 9.17) is 4.74 Å². The van der Waals surface area contributed by atoms with E-state index in [1.165, 1.54) is 6.07 Å². The number of esters is 1. The second kappa shape index (κ2) is 8.06. The standard InChI is InChI=1S/C23H18FN3O2/c1-2-29-23(28)17-11-5-8-14-20(17)26-22-16-10-4-7-13-19(16)25-21(27-22)15-9-3-6-12-18(15)24/h3-14H,2H2,1H3,(H,25,26,27). The highest BCUT2D eigenvalue weighted by Crippen LogP contribution is 2.29. The predicted molar refractivity (Wildman–Crippen MR) is 111 cm³/mol. The molecule has 5 nitrogen and oxygen atoms in total. The van der Waals surface area contributed by atoms with Gasteiger partial charge < -0.3 is 10.1 Å². The summed E-state index contributed by atoms with van der Waals surface area (Å²) >= 11 is 0. The lowest BCUT2D eigenvalue weighted by atomic mass is 10.1. The van der Waals surface area contributed by atoms with Gasteiger partial charge in [-0.15, -0.1) is 0 Å². The van der Waals surface area contributed by atoms with Crippen LogP contribution in [0.5, 0.6) is 0 Å². The Morgan fingerprint density at radius 2 is 1.69 bits per heavy atom. The second-order valence-electron chi connectivity index (χ2n) is 6.28. The van der Waals surface area contributed by atoms with Gasteiger partial charge in [-0.1, -0.05) is 36.4 Å². The molecule has 1 N–H and O–H groups in total. The predicted octanol–water partition coefficient (Wildman–Crippen LogP) is 5.36. The summed E-state index contributed by atoms with van der Waals surface area (Å²) in [6, 6.07) is 20.8. The summed E-state index contributed by atoms with van der Waals surface area (Å²) < 4.78 is 19.5. The molecule has 0 spiro atoms. The average Bonchev–Trinajstić information content (AvgIpc) is 2.74. The summed E-state index contributed by atoms with van der Waals surface area (Å²) in [5, 5.41) is 3.97. The van der Waals surface area contributed by atoms with Crippen LogP contribution in [-0.2, 0) is 4.74 Å². The summed E-state index contributed by atoms with van der Waals surface area (Å²) in [5.41, 5.74) is 1.91. The fraction of sp³-hybridized carbons (Fsp3) is 0.0870. The van der Waals surface area contributed by atoms with Gasteiger partial charge in [-0.3, -0.25) is 0 Å². The molecule has 0 unspecified atom stereocenters. The van der Waals surface area contributed by atoms with Crippen LogP contribution in [0.1, 0.15) is 17.3 Å². The quantitative estimate of drug-likeness (QED) is 0.467. The van der Waals surface area contributed by atoms with Crippen LogP contribution < -0.4 is 5.32 Å². The fourth-order valence-corrected chi connectivity index (χ4v) is 3.04. The molecule has 0 fully saturated rings. The van der Waals surface area contributed by atoms with E-state index < -0.39 is 11.8 Å². The Balaban J connectivity index is 1.85. The van der Waals surface area contributed by atoms with Gasteiger partial charge in [0.2, 0.25) is 0 Å². The summed E-state index contributed by atoms with van der Waals surface area (Å²) in [7, 11) is 0. The van der Waals surface area contributed by atoms with E-state index in [1.807, 2.05) is 30.3 Å². The van der Waals surface area contributed by atoms with Gasteiger partial charge in [-0.25, -0.2) is 19.2 Å². The van der Waals surface area contributed by atoms with E-state index in [-0.39, 0.29) is 12.4 Å². The monoisotopic (exact) mass is 387 g/mol. The highest BCUT2D eigenvalue weighted by molar-refractivity contribution is 5.99. The number of benzene rings is 3. The maximum absolute atomic E-state index is 14.3. The summed E-state index contributed by atoms with van der Waals surface area (Å²) in [5.74, 6) is -0.0903. The molecule has 0 aliphatic rings. The van der Waals surface area contributed by atoms with Crippen LogP contribution in [0.4, 0.5) is 15.9 Å². The van der Waals surface area contributed by atoms with Crippen molar-refractivity contribution in [3.05, 3.63) is 84.2 Å². The van der Waals surface area contributed by atoms with Crippen molar-refractivity contribution in [3.63, 3.8) is 0 Å². The number of carbonyl (C=O) groups excluding carboxylic acids is 1. The average molecular weight is 387 g/mol. The minimum absolute atomic E-state index is 0.262. The molecule has 0 radical (unpaired) electrons.